The third-order valence-electron chi connectivity index (χ3n) is 4.25. The number of carbonyl (C=O) groups excluding carboxylic acids is 1. The Morgan fingerprint density at radius 1 is 1.44 bits per heavy atom. The van der Waals surface area contributed by atoms with Crippen LogP contribution in [0.5, 0.6) is 0 Å². The number of benzene rings is 1. The Morgan fingerprint density at radius 3 is 2.84 bits per heavy atom. The van der Waals surface area contributed by atoms with Crippen LogP contribution < -0.4 is 5.32 Å². The zero-order valence-corrected chi connectivity index (χ0v) is 13.9. The van der Waals surface area contributed by atoms with Crippen LogP contribution >= 0.6 is 0 Å². The van der Waals surface area contributed by atoms with Crippen LogP contribution in [0.3, 0.4) is 0 Å². The van der Waals surface area contributed by atoms with Gasteiger partial charge in [0.25, 0.3) is 5.91 Å². The molecule has 1 atom stereocenters. The average molecular weight is 351 g/mol. The number of halogens is 3. The number of rotatable bonds is 4. The van der Waals surface area contributed by atoms with Gasteiger partial charge in [0.15, 0.2) is 0 Å². The summed E-state index contributed by atoms with van der Waals surface area (Å²) in [5.74, 6) is -0.706. The van der Waals surface area contributed by atoms with Gasteiger partial charge in [-0.3, -0.25) is 4.79 Å². The fraction of sp³-hybridized carbons (Fsp3) is 0.444. The molecular weight excluding hydrogens is 331 g/mol. The van der Waals surface area contributed by atoms with E-state index in [2.05, 4.69) is 5.32 Å². The summed E-state index contributed by atoms with van der Waals surface area (Å²) >= 11 is 0. The summed E-state index contributed by atoms with van der Waals surface area (Å²) in [4.78, 5) is 14.2. The maximum Gasteiger partial charge on any atom is 0.416 e. The van der Waals surface area contributed by atoms with Crippen LogP contribution in [0.15, 0.2) is 36.0 Å². The first-order chi connectivity index (χ1) is 11.8. The minimum absolute atomic E-state index is 0.00617. The first-order valence-electron chi connectivity index (χ1n) is 8.21. The second-order valence-electron chi connectivity index (χ2n) is 5.98. The Kier molecular flexibility index (Phi) is 6.07. The number of hydrogen-bond acceptors (Lipinski definition) is 3. The highest BCUT2D eigenvalue weighted by molar-refractivity contribution is 6.06. The molecule has 1 saturated heterocycles. The van der Waals surface area contributed by atoms with Crippen molar-refractivity contribution in [2.24, 2.45) is 0 Å². The van der Waals surface area contributed by atoms with Gasteiger partial charge >= 0.3 is 6.18 Å². The van der Waals surface area contributed by atoms with E-state index in [9.17, 15) is 23.2 Å². The minimum Gasteiger partial charge on any atom is -0.373 e. The van der Waals surface area contributed by atoms with Crippen molar-refractivity contribution in [3.05, 3.63) is 41.6 Å². The molecule has 7 heteroatoms. The molecule has 1 aromatic rings. The quantitative estimate of drug-likeness (QED) is 0.649. The summed E-state index contributed by atoms with van der Waals surface area (Å²) in [5, 5.41) is 11.6. The number of anilines is 1. The van der Waals surface area contributed by atoms with Gasteiger partial charge in [0.2, 0.25) is 0 Å². The Morgan fingerprint density at radius 2 is 2.20 bits per heavy atom. The third kappa shape index (κ3) is 4.99. The molecule has 2 rings (SSSR count). The molecule has 0 bridgehead atoms. The molecule has 4 nitrogen and oxygen atoms in total. The molecule has 1 fully saturated rings. The lowest BCUT2D eigenvalue weighted by Crippen LogP contribution is -2.35. The number of nitrogens with zero attached hydrogens (tertiary/aromatic N) is 2. The van der Waals surface area contributed by atoms with Gasteiger partial charge in [-0.25, -0.2) is 0 Å². The van der Waals surface area contributed by atoms with Gasteiger partial charge in [-0.1, -0.05) is 13.0 Å². The minimum atomic E-state index is -4.49. The van der Waals surface area contributed by atoms with Crippen LogP contribution in [0, 0.1) is 11.3 Å². The van der Waals surface area contributed by atoms with E-state index in [0.29, 0.717) is 0 Å². The number of likely N-dealkylation sites (tertiary alicyclic amines) is 1. The maximum absolute atomic E-state index is 12.7. The van der Waals surface area contributed by atoms with Crippen molar-refractivity contribution in [1.29, 1.82) is 5.26 Å². The SMILES string of the molecule is CCC1CCCCN1/C=C(/C#N)C(=O)Nc1cccc(C(F)(F)F)c1. The molecule has 1 aliphatic heterocycles. The fourth-order valence-corrected chi connectivity index (χ4v) is 2.91. The van der Waals surface area contributed by atoms with E-state index < -0.39 is 17.6 Å². The summed E-state index contributed by atoms with van der Waals surface area (Å²) in [6.45, 7) is 2.81. The van der Waals surface area contributed by atoms with E-state index in [1.807, 2.05) is 17.9 Å². The second-order valence-corrected chi connectivity index (χ2v) is 5.98. The average Bonchev–Trinajstić information content (AvgIpc) is 2.59. The number of alkyl halides is 3. The second kappa shape index (κ2) is 8.06. The standard InChI is InChI=1S/C18H20F3N3O/c1-2-16-8-3-4-9-24(16)12-13(11-22)17(25)23-15-7-5-6-14(10-15)18(19,20)21/h5-7,10,12,16H,2-4,8-9H2,1H3,(H,23,25)/b13-12-. The lowest BCUT2D eigenvalue weighted by Gasteiger charge is -2.34. The molecule has 1 unspecified atom stereocenters. The molecule has 0 saturated carbocycles. The van der Waals surface area contributed by atoms with Crippen molar-refractivity contribution >= 4 is 11.6 Å². The number of piperidine rings is 1. The topological polar surface area (TPSA) is 56.1 Å². The van der Waals surface area contributed by atoms with Gasteiger partial charge in [-0.15, -0.1) is 0 Å². The molecule has 0 radical (unpaired) electrons. The van der Waals surface area contributed by atoms with Gasteiger partial charge in [0.1, 0.15) is 11.6 Å². The summed E-state index contributed by atoms with van der Waals surface area (Å²) in [7, 11) is 0. The number of amides is 1. The summed E-state index contributed by atoms with van der Waals surface area (Å²) in [5.41, 5.74) is -0.959. The highest BCUT2D eigenvalue weighted by atomic mass is 19.4. The van der Waals surface area contributed by atoms with Gasteiger partial charge in [0, 0.05) is 24.5 Å². The highest BCUT2D eigenvalue weighted by Crippen LogP contribution is 2.30. The van der Waals surface area contributed by atoms with Crippen molar-refractivity contribution in [2.75, 3.05) is 11.9 Å². The molecule has 1 aliphatic rings. The van der Waals surface area contributed by atoms with Gasteiger partial charge in [-0.05, 0) is 43.9 Å². The lowest BCUT2D eigenvalue weighted by atomic mass is 10.0. The molecule has 0 spiro atoms. The van der Waals surface area contributed by atoms with Gasteiger partial charge < -0.3 is 10.2 Å². The molecule has 0 aliphatic carbocycles. The lowest BCUT2D eigenvalue weighted by molar-refractivity contribution is -0.137. The Balaban J connectivity index is 2.15. The Bertz CT molecular complexity index is 692. The molecular formula is C18H20F3N3O. The molecule has 1 N–H and O–H groups in total. The zero-order valence-electron chi connectivity index (χ0n) is 13.9. The number of carbonyl (C=O) groups is 1. The van der Waals surface area contributed by atoms with E-state index in [4.69, 9.17) is 0 Å². The Labute approximate surface area is 144 Å². The van der Waals surface area contributed by atoms with Crippen molar-refractivity contribution in [2.45, 2.75) is 44.8 Å². The van der Waals surface area contributed by atoms with Crippen molar-refractivity contribution < 1.29 is 18.0 Å². The predicted octanol–water partition coefficient (Wildman–Crippen LogP) is 4.32. The maximum atomic E-state index is 12.7. The number of nitrogens with one attached hydrogen (secondary N) is 1. The summed E-state index contributed by atoms with van der Waals surface area (Å²) in [6, 6.07) is 6.47. The molecule has 1 heterocycles. The van der Waals surface area contributed by atoms with Crippen LogP contribution in [-0.4, -0.2) is 23.4 Å². The first-order valence-corrected chi connectivity index (χ1v) is 8.21. The summed E-state index contributed by atoms with van der Waals surface area (Å²) in [6.07, 6.45) is 1.04. The van der Waals surface area contributed by atoms with Crippen molar-refractivity contribution in [1.82, 2.24) is 4.90 Å². The van der Waals surface area contributed by atoms with Gasteiger partial charge in [-0.2, -0.15) is 18.4 Å². The van der Waals surface area contributed by atoms with E-state index in [1.54, 1.807) is 0 Å². The van der Waals surface area contributed by atoms with Crippen molar-refractivity contribution in [3.8, 4) is 6.07 Å². The monoisotopic (exact) mass is 351 g/mol. The van der Waals surface area contributed by atoms with Gasteiger partial charge in [0.05, 0.1) is 5.56 Å². The Hall–Kier alpha value is -2.49. The predicted molar refractivity (Wildman–Crippen MR) is 88.4 cm³/mol. The van der Waals surface area contributed by atoms with Crippen LogP contribution in [0.25, 0.3) is 0 Å². The number of nitriles is 1. The van der Waals surface area contributed by atoms with E-state index in [-0.39, 0.29) is 17.3 Å². The van der Waals surface area contributed by atoms with Crippen LogP contribution in [0.4, 0.5) is 18.9 Å². The molecule has 25 heavy (non-hydrogen) atoms. The normalized spacial score (nSPS) is 18.6. The third-order valence-corrected chi connectivity index (χ3v) is 4.25. The largest absolute Gasteiger partial charge is 0.416 e. The highest BCUT2D eigenvalue weighted by Gasteiger charge is 2.30. The molecule has 1 aromatic carbocycles. The van der Waals surface area contributed by atoms with Crippen molar-refractivity contribution in [3.63, 3.8) is 0 Å². The molecule has 0 aromatic heterocycles. The zero-order chi connectivity index (χ0) is 18.4. The van der Waals surface area contributed by atoms with E-state index >= 15 is 0 Å². The fourth-order valence-electron chi connectivity index (χ4n) is 2.91. The molecule has 134 valence electrons. The van der Waals surface area contributed by atoms with Crippen LogP contribution in [-0.2, 0) is 11.0 Å². The first kappa shape index (κ1) is 18.8. The summed E-state index contributed by atoms with van der Waals surface area (Å²) < 4.78 is 38.2. The molecule has 1 amide bonds. The van der Waals surface area contributed by atoms with Crippen LogP contribution in [0.1, 0.15) is 38.2 Å². The van der Waals surface area contributed by atoms with E-state index in [1.165, 1.54) is 18.3 Å². The van der Waals surface area contributed by atoms with E-state index in [0.717, 1.165) is 44.4 Å². The van der Waals surface area contributed by atoms with Crippen LogP contribution in [0.2, 0.25) is 0 Å². The smallest absolute Gasteiger partial charge is 0.373 e. The number of hydrogen-bond donors (Lipinski definition) is 1.